The first-order chi connectivity index (χ1) is 9.06. The number of nitrogens with one attached hydrogen (secondary N) is 1. The van der Waals surface area contributed by atoms with Gasteiger partial charge in [-0.3, -0.25) is 10.1 Å². The molecule has 104 valence electrons. The molecule has 1 saturated heterocycles. The first-order valence-corrected chi connectivity index (χ1v) is 6.01. The monoisotopic (exact) mass is 267 g/mol. The summed E-state index contributed by atoms with van der Waals surface area (Å²) in [6, 6.07) is 2.76. The van der Waals surface area contributed by atoms with Crippen molar-refractivity contribution in [2.75, 3.05) is 44.3 Å². The minimum absolute atomic E-state index is 0.0124. The second-order valence-corrected chi connectivity index (χ2v) is 4.50. The number of anilines is 2. The van der Waals surface area contributed by atoms with Crippen LogP contribution in [0.3, 0.4) is 0 Å². The van der Waals surface area contributed by atoms with Crippen molar-refractivity contribution in [1.29, 1.82) is 0 Å². The van der Waals surface area contributed by atoms with E-state index in [1.165, 1.54) is 12.1 Å². The van der Waals surface area contributed by atoms with Gasteiger partial charge in [0.15, 0.2) is 0 Å². The van der Waals surface area contributed by atoms with Gasteiger partial charge in [0.05, 0.1) is 17.6 Å². The summed E-state index contributed by atoms with van der Waals surface area (Å²) in [5.41, 5.74) is 5.46. The topological polar surface area (TPSA) is 107 Å². The van der Waals surface area contributed by atoms with Gasteiger partial charge in [-0.2, -0.15) is 0 Å². The van der Waals surface area contributed by atoms with E-state index in [4.69, 9.17) is 10.5 Å². The highest BCUT2D eigenvalue weighted by atomic mass is 16.6. The molecule has 8 nitrogen and oxygen atoms in total. The van der Waals surface area contributed by atoms with Gasteiger partial charge in [0, 0.05) is 25.7 Å². The zero-order valence-corrected chi connectivity index (χ0v) is 10.7. The molecule has 0 bridgehead atoms. The molecule has 1 fully saturated rings. The third-order valence-corrected chi connectivity index (χ3v) is 2.93. The average molecular weight is 267 g/mol. The molecule has 0 radical (unpaired) electrons. The summed E-state index contributed by atoms with van der Waals surface area (Å²) >= 11 is 0. The molecular weight excluding hydrogens is 250 g/mol. The highest BCUT2D eigenvalue weighted by Crippen LogP contribution is 2.23. The molecule has 8 heteroatoms. The second kappa shape index (κ2) is 5.81. The molecule has 2 heterocycles. The molecule has 3 N–H and O–H groups in total. The van der Waals surface area contributed by atoms with Gasteiger partial charge in [0.1, 0.15) is 5.82 Å². The van der Waals surface area contributed by atoms with Crippen molar-refractivity contribution >= 4 is 17.3 Å². The minimum Gasteiger partial charge on any atom is -0.384 e. The predicted molar refractivity (Wildman–Crippen MR) is 71.0 cm³/mol. The molecule has 0 aromatic carbocycles. The number of nitrogens with zero attached hydrogens (tertiary/aromatic N) is 3. The van der Waals surface area contributed by atoms with Gasteiger partial charge >= 0.3 is 5.69 Å². The molecule has 2 rings (SSSR count). The molecule has 1 aliphatic heterocycles. The fourth-order valence-corrected chi connectivity index (χ4v) is 1.95. The maximum atomic E-state index is 10.9. The van der Waals surface area contributed by atoms with Crippen molar-refractivity contribution in [3.8, 4) is 0 Å². The number of ether oxygens (including phenoxy) is 1. The Morgan fingerprint density at radius 2 is 2.47 bits per heavy atom. The van der Waals surface area contributed by atoms with Crippen LogP contribution in [0.5, 0.6) is 0 Å². The van der Waals surface area contributed by atoms with Gasteiger partial charge in [-0.25, -0.2) is 4.98 Å². The van der Waals surface area contributed by atoms with Crippen molar-refractivity contribution in [1.82, 2.24) is 9.88 Å². The maximum Gasteiger partial charge on any atom is 0.311 e. The quantitative estimate of drug-likeness (QED) is 0.597. The number of hydrogen-bond donors (Lipinski definition) is 2. The summed E-state index contributed by atoms with van der Waals surface area (Å²) in [6.45, 7) is 2.80. The van der Waals surface area contributed by atoms with Crippen molar-refractivity contribution in [2.24, 2.45) is 0 Å². The summed E-state index contributed by atoms with van der Waals surface area (Å²) in [6.07, 6.45) is -0.0124. The van der Waals surface area contributed by atoms with Gasteiger partial charge in [-0.1, -0.05) is 0 Å². The van der Waals surface area contributed by atoms with Crippen LogP contribution in [0.15, 0.2) is 12.1 Å². The fourth-order valence-electron chi connectivity index (χ4n) is 1.95. The van der Waals surface area contributed by atoms with E-state index in [1.807, 2.05) is 7.05 Å². The lowest BCUT2D eigenvalue weighted by Crippen LogP contribution is -2.43. The largest absolute Gasteiger partial charge is 0.384 e. The van der Waals surface area contributed by atoms with Crippen LogP contribution in [0.25, 0.3) is 0 Å². The molecule has 0 amide bonds. The first kappa shape index (κ1) is 13.5. The number of aromatic nitrogens is 1. The Morgan fingerprint density at radius 1 is 1.68 bits per heavy atom. The van der Waals surface area contributed by atoms with Crippen molar-refractivity contribution in [2.45, 2.75) is 6.10 Å². The molecule has 1 aromatic rings. The van der Waals surface area contributed by atoms with Gasteiger partial charge in [0.2, 0.25) is 5.82 Å². The standard InChI is InChI=1S/C11H17N5O3/c1-15-4-5-19-8(7-15)6-13-11-9(16(17)18)2-3-10(12)14-11/h2-3,8H,4-7H2,1H3,(H3,12,13,14). The maximum absolute atomic E-state index is 10.9. The molecule has 1 aliphatic rings. The van der Waals surface area contributed by atoms with E-state index in [9.17, 15) is 10.1 Å². The summed E-state index contributed by atoms with van der Waals surface area (Å²) in [4.78, 5) is 16.5. The molecule has 1 unspecified atom stereocenters. The smallest absolute Gasteiger partial charge is 0.311 e. The number of pyridine rings is 1. The summed E-state index contributed by atoms with van der Waals surface area (Å²) in [5.74, 6) is 0.427. The van der Waals surface area contributed by atoms with E-state index in [-0.39, 0.29) is 23.4 Å². The van der Waals surface area contributed by atoms with E-state index in [2.05, 4.69) is 15.2 Å². The number of hydrogen-bond acceptors (Lipinski definition) is 7. The van der Waals surface area contributed by atoms with Crippen LogP contribution in [-0.4, -0.2) is 54.2 Å². The molecule has 0 spiro atoms. The highest BCUT2D eigenvalue weighted by Gasteiger charge is 2.20. The van der Waals surface area contributed by atoms with E-state index < -0.39 is 4.92 Å². The fraction of sp³-hybridized carbons (Fsp3) is 0.545. The number of morpholine rings is 1. The lowest BCUT2D eigenvalue weighted by molar-refractivity contribution is -0.384. The summed E-state index contributed by atoms with van der Waals surface area (Å²) < 4.78 is 5.57. The van der Waals surface area contributed by atoms with Crippen LogP contribution >= 0.6 is 0 Å². The van der Waals surface area contributed by atoms with Crippen molar-refractivity contribution in [3.63, 3.8) is 0 Å². The zero-order valence-electron chi connectivity index (χ0n) is 10.7. The number of likely N-dealkylation sites (N-methyl/N-ethyl adjacent to an activating group) is 1. The van der Waals surface area contributed by atoms with Crippen LogP contribution < -0.4 is 11.1 Å². The van der Waals surface area contributed by atoms with Gasteiger partial charge in [-0.05, 0) is 13.1 Å². The van der Waals surface area contributed by atoms with Gasteiger partial charge in [0.25, 0.3) is 0 Å². The summed E-state index contributed by atoms with van der Waals surface area (Å²) in [5, 5.41) is 13.8. The van der Waals surface area contributed by atoms with Crippen molar-refractivity contribution in [3.05, 3.63) is 22.2 Å². The number of rotatable bonds is 4. The minimum atomic E-state index is -0.484. The normalized spacial score (nSPS) is 20.2. The molecule has 0 saturated carbocycles. The molecule has 0 aliphatic carbocycles. The summed E-state index contributed by atoms with van der Waals surface area (Å²) in [7, 11) is 2.01. The first-order valence-electron chi connectivity index (χ1n) is 6.01. The number of nitro groups is 1. The SMILES string of the molecule is CN1CCOC(CNc2nc(N)ccc2[N+](=O)[O-])C1. The zero-order chi connectivity index (χ0) is 13.8. The molecule has 1 atom stereocenters. The Bertz CT molecular complexity index is 468. The van der Waals surface area contributed by atoms with Crippen LogP contribution in [0.2, 0.25) is 0 Å². The van der Waals surface area contributed by atoms with Crippen LogP contribution in [0.4, 0.5) is 17.3 Å². The lowest BCUT2D eigenvalue weighted by Gasteiger charge is -2.30. The predicted octanol–water partition coefficient (Wildman–Crippen LogP) is 0.315. The van der Waals surface area contributed by atoms with Crippen LogP contribution in [0.1, 0.15) is 0 Å². The van der Waals surface area contributed by atoms with E-state index >= 15 is 0 Å². The Morgan fingerprint density at radius 3 is 3.16 bits per heavy atom. The van der Waals surface area contributed by atoms with Gasteiger partial charge < -0.3 is 20.7 Å². The van der Waals surface area contributed by atoms with E-state index in [0.717, 1.165) is 13.1 Å². The van der Waals surface area contributed by atoms with Crippen LogP contribution in [-0.2, 0) is 4.74 Å². The second-order valence-electron chi connectivity index (χ2n) is 4.50. The average Bonchev–Trinajstić information content (AvgIpc) is 2.36. The Balaban J connectivity index is 2.02. The number of nitrogen functional groups attached to an aromatic ring is 1. The Kier molecular flexibility index (Phi) is 4.13. The highest BCUT2D eigenvalue weighted by molar-refractivity contribution is 5.59. The van der Waals surface area contributed by atoms with E-state index in [0.29, 0.717) is 13.2 Å². The Labute approximate surface area is 110 Å². The molecule has 1 aromatic heterocycles. The third-order valence-electron chi connectivity index (χ3n) is 2.93. The molecule has 19 heavy (non-hydrogen) atoms. The van der Waals surface area contributed by atoms with E-state index in [1.54, 1.807) is 0 Å². The number of nitrogens with two attached hydrogens (primary N) is 1. The lowest BCUT2D eigenvalue weighted by atomic mass is 10.2. The van der Waals surface area contributed by atoms with Gasteiger partial charge in [-0.15, -0.1) is 0 Å². The van der Waals surface area contributed by atoms with Crippen LogP contribution in [0, 0.1) is 10.1 Å². The third kappa shape index (κ3) is 3.52. The van der Waals surface area contributed by atoms with Crippen molar-refractivity contribution < 1.29 is 9.66 Å². The Hall–Kier alpha value is -1.93. The molecular formula is C11H17N5O3.